The second kappa shape index (κ2) is 4.86. The van der Waals surface area contributed by atoms with Gasteiger partial charge in [0, 0.05) is 5.25 Å². The molecule has 0 amide bonds. The monoisotopic (exact) mass is 145 g/mol. The molecular weight excluding hydrogens is 130 g/mol. The highest BCUT2D eigenvalue weighted by atomic mass is 32.2. The van der Waals surface area contributed by atoms with Crippen LogP contribution >= 0.6 is 11.8 Å². The van der Waals surface area contributed by atoms with Crippen LogP contribution in [0.15, 0.2) is 0 Å². The van der Waals surface area contributed by atoms with Gasteiger partial charge in [-0.3, -0.25) is 5.41 Å². The summed E-state index contributed by atoms with van der Waals surface area (Å²) in [6.45, 7) is 6.19. The van der Waals surface area contributed by atoms with Crippen LogP contribution in [0, 0.1) is 5.41 Å². The highest BCUT2D eigenvalue weighted by Crippen LogP contribution is 2.15. The molecule has 0 aliphatic rings. The Bertz CT molecular complexity index is 90.9. The normalized spacial score (nSPS) is 13.2. The summed E-state index contributed by atoms with van der Waals surface area (Å²) in [6, 6.07) is 0. The molecule has 0 aromatic heterocycles. The molecule has 2 heteroatoms. The van der Waals surface area contributed by atoms with Gasteiger partial charge in [-0.05, 0) is 13.3 Å². The van der Waals surface area contributed by atoms with Gasteiger partial charge in [-0.1, -0.05) is 20.3 Å². The van der Waals surface area contributed by atoms with Gasteiger partial charge in [0.25, 0.3) is 0 Å². The first-order valence-electron chi connectivity index (χ1n) is 3.38. The maximum absolute atomic E-state index is 7.17. The lowest BCUT2D eigenvalue weighted by atomic mass is 10.3. The van der Waals surface area contributed by atoms with E-state index in [4.69, 9.17) is 5.41 Å². The lowest BCUT2D eigenvalue weighted by Gasteiger charge is -2.06. The minimum Gasteiger partial charge on any atom is -0.299 e. The Balaban J connectivity index is 3.26. The predicted octanol–water partition coefficient (Wildman–Crippen LogP) is 2.91. The molecule has 0 saturated carbocycles. The molecule has 0 radical (unpaired) electrons. The minimum atomic E-state index is 0.632. The van der Waals surface area contributed by atoms with Crippen LogP contribution in [0.4, 0.5) is 0 Å². The molecule has 1 atom stereocenters. The summed E-state index contributed by atoms with van der Waals surface area (Å²) in [5, 5.41) is 8.53. The third kappa shape index (κ3) is 5.90. The van der Waals surface area contributed by atoms with Gasteiger partial charge in [0.15, 0.2) is 0 Å². The van der Waals surface area contributed by atoms with Crippen LogP contribution in [0.3, 0.4) is 0 Å². The van der Waals surface area contributed by atoms with Crippen molar-refractivity contribution in [3.05, 3.63) is 0 Å². The van der Waals surface area contributed by atoms with Crippen molar-refractivity contribution >= 4 is 16.8 Å². The van der Waals surface area contributed by atoms with E-state index in [1.807, 2.05) is 6.92 Å². The van der Waals surface area contributed by atoms with E-state index < -0.39 is 0 Å². The van der Waals surface area contributed by atoms with Crippen molar-refractivity contribution in [1.29, 1.82) is 5.41 Å². The van der Waals surface area contributed by atoms with Gasteiger partial charge in [0.2, 0.25) is 0 Å². The number of hydrogen-bond acceptors (Lipinski definition) is 2. The summed E-state index contributed by atoms with van der Waals surface area (Å²) in [5.74, 6) is 0. The number of nitrogens with one attached hydrogen (secondary N) is 1. The molecule has 1 unspecified atom stereocenters. The Labute approximate surface area is 61.7 Å². The molecule has 0 aliphatic carbocycles. The minimum absolute atomic E-state index is 0.632. The van der Waals surface area contributed by atoms with E-state index in [2.05, 4.69) is 13.8 Å². The summed E-state index contributed by atoms with van der Waals surface area (Å²) < 4.78 is 0. The van der Waals surface area contributed by atoms with Gasteiger partial charge >= 0.3 is 0 Å². The Morgan fingerprint density at radius 3 is 2.56 bits per heavy atom. The zero-order valence-corrected chi connectivity index (χ0v) is 7.22. The zero-order valence-electron chi connectivity index (χ0n) is 6.40. The average molecular weight is 145 g/mol. The molecule has 0 heterocycles. The molecule has 1 N–H and O–H groups in total. The van der Waals surface area contributed by atoms with E-state index in [-0.39, 0.29) is 0 Å². The maximum atomic E-state index is 7.17. The summed E-state index contributed by atoms with van der Waals surface area (Å²) in [4.78, 5) is 0. The summed E-state index contributed by atoms with van der Waals surface area (Å²) in [7, 11) is 0. The predicted molar refractivity (Wildman–Crippen MR) is 45.4 cm³/mol. The fourth-order valence-corrected chi connectivity index (χ4v) is 1.72. The van der Waals surface area contributed by atoms with Gasteiger partial charge in [-0.2, -0.15) is 0 Å². The highest BCUT2D eigenvalue weighted by molar-refractivity contribution is 8.14. The second-order valence-electron chi connectivity index (χ2n) is 2.27. The van der Waals surface area contributed by atoms with Crippen LogP contribution in [0.5, 0.6) is 0 Å². The molecular formula is C7H15NS. The molecule has 0 fully saturated rings. The Kier molecular flexibility index (Phi) is 4.87. The van der Waals surface area contributed by atoms with Crippen molar-refractivity contribution in [2.75, 3.05) is 0 Å². The van der Waals surface area contributed by atoms with Crippen LogP contribution in [-0.2, 0) is 0 Å². The van der Waals surface area contributed by atoms with Gasteiger partial charge in [-0.25, -0.2) is 0 Å². The topological polar surface area (TPSA) is 23.9 Å². The van der Waals surface area contributed by atoms with Crippen molar-refractivity contribution in [2.45, 2.75) is 38.9 Å². The Morgan fingerprint density at radius 1 is 1.67 bits per heavy atom. The van der Waals surface area contributed by atoms with Gasteiger partial charge < -0.3 is 0 Å². The lowest BCUT2D eigenvalue weighted by Crippen LogP contribution is -1.97. The van der Waals surface area contributed by atoms with Crippen LogP contribution in [0.2, 0.25) is 0 Å². The maximum Gasteiger partial charge on any atom is 0.0613 e. The third-order valence-electron chi connectivity index (χ3n) is 1.07. The number of hydrogen-bond donors (Lipinski definition) is 1. The summed E-state index contributed by atoms with van der Waals surface area (Å²) in [6.07, 6.45) is 2.45. The fourth-order valence-electron chi connectivity index (χ4n) is 0.767. The van der Waals surface area contributed by atoms with Crippen molar-refractivity contribution in [2.24, 2.45) is 0 Å². The van der Waals surface area contributed by atoms with Crippen LogP contribution in [0.25, 0.3) is 0 Å². The first kappa shape index (κ1) is 9.02. The summed E-state index contributed by atoms with van der Waals surface area (Å²) >= 11 is 1.66. The van der Waals surface area contributed by atoms with Crippen molar-refractivity contribution < 1.29 is 0 Å². The molecule has 9 heavy (non-hydrogen) atoms. The van der Waals surface area contributed by atoms with Crippen molar-refractivity contribution in [3.63, 3.8) is 0 Å². The molecule has 0 bridgehead atoms. The fraction of sp³-hybridized carbons (Fsp3) is 0.857. The molecule has 0 spiro atoms. The zero-order chi connectivity index (χ0) is 7.28. The van der Waals surface area contributed by atoms with E-state index in [1.54, 1.807) is 11.8 Å². The van der Waals surface area contributed by atoms with Crippen LogP contribution < -0.4 is 0 Å². The van der Waals surface area contributed by atoms with Gasteiger partial charge in [0.05, 0.1) is 5.04 Å². The second-order valence-corrected chi connectivity index (χ2v) is 3.93. The standard InChI is InChI=1S/C7H15NS/c1-4-5-6(2)9-7(3)8/h6,8H,4-5H2,1-3H3. The van der Waals surface area contributed by atoms with Crippen molar-refractivity contribution in [1.82, 2.24) is 0 Å². The van der Waals surface area contributed by atoms with Crippen LogP contribution in [0.1, 0.15) is 33.6 Å². The number of rotatable bonds is 3. The molecule has 0 rings (SSSR count). The van der Waals surface area contributed by atoms with E-state index in [0.29, 0.717) is 5.25 Å². The third-order valence-corrected chi connectivity index (χ3v) is 2.06. The van der Waals surface area contributed by atoms with E-state index >= 15 is 0 Å². The Morgan fingerprint density at radius 2 is 2.22 bits per heavy atom. The van der Waals surface area contributed by atoms with E-state index in [1.165, 1.54) is 12.8 Å². The van der Waals surface area contributed by atoms with E-state index in [9.17, 15) is 0 Å². The first-order chi connectivity index (χ1) is 4.16. The molecule has 1 nitrogen and oxygen atoms in total. The largest absolute Gasteiger partial charge is 0.299 e. The quantitative estimate of drug-likeness (QED) is 0.479. The van der Waals surface area contributed by atoms with Gasteiger partial charge in [-0.15, -0.1) is 11.8 Å². The average Bonchev–Trinajstić information content (AvgIpc) is 1.63. The molecule has 0 saturated heterocycles. The molecule has 0 aliphatic heterocycles. The van der Waals surface area contributed by atoms with Gasteiger partial charge in [0.1, 0.15) is 0 Å². The SMILES string of the molecule is CCCC(C)SC(C)=N. The molecule has 0 aromatic carbocycles. The molecule has 54 valence electrons. The first-order valence-corrected chi connectivity index (χ1v) is 4.26. The van der Waals surface area contributed by atoms with Crippen molar-refractivity contribution in [3.8, 4) is 0 Å². The smallest absolute Gasteiger partial charge is 0.0613 e. The van der Waals surface area contributed by atoms with Crippen LogP contribution in [-0.4, -0.2) is 10.3 Å². The molecule has 0 aromatic rings. The highest BCUT2D eigenvalue weighted by Gasteiger charge is 2.00. The number of thioether (sulfide) groups is 1. The Hall–Kier alpha value is 0.0200. The lowest BCUT2D eigenvalue weighted by molar-refractivity contribution is 0.790. The summed E-state index contributed by atoms with van der Waals surface area (Å²) in [5.41, 5.74) is 0. The van der Waals surface area contributed by atoms with E-state index in [0.717, 1.165) is 5.04 Å².